The lowest BCUT2D eigenvalue weighted by atomic mass is 10.2. The number of nitrogens with zero attached hydrogens (tertiary/aromatic N) is 1. The second kappa shape index (κ2) is 10.5. The molecule has 0 saturated carbocycles. The van der Waals surface area contributed by atoms with Gasteiger partial charge < -0.3 is 33.9 Å². The molecule has 10 heteroatoms. The summed E-state index contributed by atoms with van der Waals surface area (Å²) >= 11 is 0. The molecule has 0 aromatic heterocycles. The molecular formula is C19H28N2O8. The van der Waals surface area contributed by atoms with E-state index in [9.17, 15) is 14.4 Å². The highest BCUT2D eigenvalue weighted by atomic mass is 16.7. The topological polar surface area (TPSA) is 113 Å². The zero-order chi connectivity index (χ0) is 22.2. The molecule has 162 valence electrons. The highest BCUT2D eigenvalue weighted by molar-refractivity contribution is 5.83. The SMILES string of the molecule is COCOc1cc(OC(=O)N(C)C)ccc1OC(=O)C(C)NC(=O)OC(C)(C)C. The molecule has 0 aliphatic heterocycles. The van der Waals surface area contributed by atoms with Gasteiger partial charge in [-0.05, 0) is 39.8 Å². The van der Waals surface area contributed by atoms with Crippen LogP contribution < -0.4 is 19.5 Å². The number of rotatable bonds is 7. The summed E-state index contributed by atoms with van der Waals surface area (Å²) in [5, 5.41) is 2.39. The Morgan fingerprint density at radius 1 is 1.10 bits per heavy atom. The van der Waals surface area contributed by atoms with Gasteiger partial charge in [-0.15, -0.1) is 0 Å². The average molecular weight is 412 g/mol. The minimum Gasteiger partial charge on any atom is -0.464 e. The van der Waals surface area contributed by atoms with Gasteiger partial charge in [-0.25, -0.2) is 14.4 Å². The van der Waals surface area contributed by atoms with Crippen LogP contribution in [0.15, 0.2) is 18.2 Å². The number of alkyl carbamates (subject to hydrolysis) is 1. The maximum absolute atomic E-state index is 12.3. The first kappa shape index (κ1) is 24.0. The van der Waals surface area contributed by atoms with Crippen LogP contribution in [0.5, 0.6) is 17.2 Å². The summed E-state index contributed by atoms with van der Waals surface area (Å²) in [6.45, 7) is 6.45. The minimum absolute atomic E-state index is 0.0644. The van der Waals surface area contributed by atoms with Crippen LogP contribution >= 0.6 is 0 Å². The van der Waals surface area contributed by atoms with Crippen molar-refractivity contribution >= 4 is 18.2 Å². The van der Waals surface area contributed by atoms with E-state index in [4.69, 9.17) is 23.7 Å². The van der Waals surface area contributed by atoms with Gasteiger partial charge in [-0.2, -0.15) is 0 Å². The van der Waals surface area contributed by atoms with E-state index in [1.165, 1.54) is 37.1 Å². The third kappa shape index (κ3) is 8.69. The standard InChI is InChI=1S/C19H28N2O8/c1-12(20-17(23)29-19(2,3)4)16(22)28-14-9-8-13(27-18(24)21(5)6)10-15(14)26-11-25-7/h8-10,12H,11H2,1-7H3,(H,20,23). The van der Waals surface area contributed by atoms with Crippen LogP contribution in [0.4, 0.5) is 9.59 Å². The molecule has 1 rings (SSSR count). The maximum Gasteiger partial charge on any atom is 0.414 e. The average Bonchev–Trinajstić information content (AvgIpc) is 2.59. The lowest BCUT2D eigenvalue weighted by molar-refractivity contribution is -0.136. The van der Waals surface area contributed by atoms with E-state index in [2.05, 4.69) is 5.32 Å². The number of ether oxygens (including phenoxy) is 5. The van der Waals surface area contributed by atoms with Crippen LogP contribution in [0, 0.1) is 0 Å². The summed E-state index contributed by atoms with van der Waals surface area (Å²) in [6, 6.07) is 3.25. The predicted molar refractivity (Wildman–Crippen MR) is 103 cm³/mol. The van der Waals surface area contributed by atoms with Gasteiger partial charge in [0.15, 0.2) is 18.3 Å². The fraction of sp³-hybridized carbons (Fsp3) is 0.526. The summed E-state index contributed by atoms with van der Waals surface area (Å²) < 4.78 is 25.8. The van der Waals surface area contributed by atoms with Crippen molar-refractivity contribution in [2.45, 2.75) is 39.3 Å². The summed E-state index contributed by atoms with van der Waals surface area (Å²) in [7, 11) is 4.51. The fourth-order valence-corrected chi connectivity index (χ4v) is 1.80. The number of esters is 1. The molecule has 0 aliphatic rings. The number of amides is 2. The third-order valence-corrected chi connectivity index (χ3v) is 3.12. The Morgan fingerprint density at radius 2 is 1.76 bits per heavy atom. The molecule has 0 radical (unpaired) electrons. The van der Waals surface area contributed by atoms with E-state index in [-0.39, 0.29) is 24.0 Å². The van der Waals surface area contributed by atoms with Crippen LogP contribution in [-0.4, -0.2) is 62.7 Å². The number of nitrogens with one attached hydrogen (secondary N) is 1. The van der Waals surface area contributed by atoms with Gasteiger partial charge in [0.2, 0.25) is 0 Å². The summed E-state index contributed by atoms with van der Waals surface area (Å²) in [6.07, 6.45) is -1.33. The van der Waals surface area contributed by atoms with E-state index < -0.39 is 29.8 Å². The number of hydrogen-bond donors (Lipinski definition) is 1. The molecule has 29 heavy (non-hydrogen) atoms. The van der Waals surface area contributed by atoms with Gasteiger partial charge >= 0.3 is 18.2 Å². The first-order valence-electron chi connectivity index (χ1n) is 8.79. The summed E-state index contributed by atoms with van der Waals surface area (Å²) in [5.41, 5.74) is -0.700. The first-order chi connectivity index (χ1) is 13.4. The van der Waals surface area contributed by atoms with Crippen LogP contribution in [0.3, 0.4) is 0 Å². The Hall–Kier alpha value is -3.01. The van der Waals surface area contributed by atoms with Gasteiger partial charge in [0.05, 0.1) is 0 Å². The van der Waals surface area contributed by atoms with Crippen LogP contribution in [0.1, 0.15) is 27.7 Å². The van der Waals surface area contributed by atoms with Crippen LogP contribution in [0.25, 0.3) is 0 Å². The molecular weight excluding hydrogens is 384 g/mol. The minimum atomic E-state index is -0.980. The molecule has 0 bridgehead atoms. The molecule has 10 nitrogen and oxygen atoms in total. The van der Waals surface area contributed by atoms with Crippen molar-refractivity contribution in [3.05, 3.63) is 18.2 Å². The molecule has 1 aromatic rings. The van der Waals surface area contributed by atoms with Crippen molar-refractivity contribution < 1.29 is 38.1 Å². The maximum atomic E-state index is 12.3. The van der Waals surface area contributed by atoms with Crippen molar-refractivity contribution in [1.29, 1.82) is 0 Å². The first-order valence-corrected chi connectivity index (χ1v) is 8.79. The number of carbonyl (C=O) groups excluding carboxylic acids is 3. The number of hydrogen-bond acceptors (Lipinski definition) is 8. The number of methoxy groups -OCH3 is 1. The van der Waals surface area contributed by atoms with Crippen molar-refractivity contribution in [1.82, 2.24) is 10.2 Å². The largest absolute Gasteiger partial charge is 0.464 e. The summed E-state index contributed by atoms with van der Waals surface area (Å²) in [5.74, 6) is -0.367. The molecule has 0 heterocycles. The van der Waals surface area contributed by atoms with E-state index in [0.29, 0.717) is 0 Å². The number of carbonyl (C=O) groups is 3. The van der Waals surface area contributed by atoms with Crippen molar-refractivity contribution in [2.24, 2.45) is 0 Å². The molecule has 0 aliphatic carbocycles. The Bertz CT molecular complexity index is 727. The predicted octanol–water partition coefficient (Wildman–Crippen LogP) is 2.55. The molecule has 1 atom stereocenters. The Balaban J connectivity index is 2.88. The van der Waals surface area contributed by atoms with Crippen LogP contribution in [0.2, 0.25) is 0 Å². The normalized spacial score (nSPS) is 11.8. The lowest BCUT2D eigenvalue weighted by Gasteiger charge is -2.21. The molecule has 0 spiro atoms. The lowest BCUT2D eigenvalue weighted by Crippen LogP contribution is -2.43. The fourth-order valence-electron chi connectivity index (χ4n) is 1.80. The van der Waals surface area contributed by atoms with Crippen LogP contribution in [-0.2, 0) is 14.3 Å². The smallest absolute Gasteiger partial charge is 0.414 e. The van der Waals surface area contributed by atoms with Gasteiger partial charge in [0.1, 0.15) is 17.4 Å². The quantitative estimate of drug-likeness (QED) is 0.413. The highest BCUT2D eigenvalue weighted by Crippen LogP contribution is 2.32. The molecule has 1 N–H and O–H groups in total. The summed E-state index contributed by atoms with van der Waals surface area (Å²) in [4.78, 5) is 37.1. The third-order valence-electron chi connectivity index (χ3n) is 3.12. The molecule has 1 unspecified atom stereocenters. The number of benzene rings is 1. The zero-order valence-electron chi connectivity index (χ0n) is 17.7. The van der Waals surface area contributed by atoms with E-state index in [1.807, 2.05) is 0 Å². The van der Waals surface area contributed by atoms with Crippen molar-refractivity contribution in [2.75, 3.05) is 28.0 Å². The van der Waals surface area contributed by atoms with E-state index in [1.54, 1.807) is 34.9 Å². The Labute approximate surface area is 170 Å². The second-order valence-corrected chi connectivity index (χ2v) is 7.21. The van der Waals surface area contributed by atoms with Gasteiger partial charge in [0.25, 0.3) is 0 Å². The molecule has 2 amide bonds. The van der Waals surface area contributed by atoms with E-state index >= 15 is 0 Å². The van der Waals surface area contributed by atoms with Gasteiger partial charge in [-0.1, -0.05) is 0 Å². The molecule has 1 aromatic carbocycles. The van der Waals surface area contributed by atoms with Gasteiger partial charge in [-0.3, -0.25) is 0 Å². The highest BCUT2D eigenvalue weighted by Gasteiger charge is 2.23. The zero-order valence-corrected chi connectivity index (χ0v) is 17.7. The van der Waals surface area contributed by atoms with E-state index in [0.717, 1.165) is 0 Å². The molecule has 0 saturated heterocycles. The van der Waals surface area contributed by atoms with Crippen molar-refractivity contribution in [3.63, 3.8) is 0 Å². The van der Waals surface area contributed by atoms with Crippen molar-refractivity contribution in [3.8, 4) is 17.2 Å². The molecule has 0 fully saturated rings. The second-order valence-electron chi connectivity index (χ2n) is 7.21. The monoisotopic (exact) mass is 412 g/mol. The Kier molecular flexibility index (Phi) is 8.71. The van der Waals surface area contributed by atoms with Gasteiger partial charge in [0, 0.05) is 27.3 Å². The Morgan fingerprint density at radius 3 is 2.31 bits per heavy atom.